The van der Waals surface area contributed by atoms with Crippen molar-refractivity contribution in [1.82, 2.24) is 0 Å². The summed E-state index contributed by atoms with van der Waals surface area (Å²) in [5.74, 6) is 0. The molecule has 0 aliphatic rings. The summed E-state index contributed by atoms with van der Waals surface area (Å²) < 4.78 is 0. The fourth-order valence-corrected chi connectivity index (χ4v) is 0. The summed E-state index contributed by atoms with van der Waals surface area (Å²) in [5.41, 5.74) is 0. The van der Waals surface area contributed by atoms with E-state index in [0.717, 1.165) is 0 Å². The van der Waals surface area contributed by atoms with Crippen LogP contribution in [0.1, 0.15) is 0 Å². The first kappa shape index (κ1) is 15.7. The van der Waals surface area contributed by atoms with Gasteiger partial charge >= 0.3 is 0 Å². The fourth-order valence-electron chi connectivity index (χ4n) is 0. The quantitative estimate of drug-likeness (QED) is 0.324. The summed E-state index contributed by atoms with van der Waals surface area (Å²) in [6, 6.07) is 0. The van der Waals surface area contributed by atoms with E-state index in [1.807, 2.05) is 0 Å². The molecule has 0 unspecified atom stereocenters. The van der Waals surface area contributed by atoms with E-state index < -0.39 is 0 Å². The van der Waals surface area contributed by atoms with E-state index in [1.165, 1.54) is 4.90 Å². The maximum atomic E-state index is 2.08. The zero-order valence-corrected chi connectivity index (χ0v) is 7.59. The molecular formula is C3H10IMnN. The number of hydrogen-bond acceptors (Lipinski definition) is 0. The van der Waals surface area contributed by atoms with Crippen molar-refractivity contribution in [3.63, 3.8) is 0 Å². The molecule has 41 valence electrons. The minimum Gasteiger partial charge on any atom is -1.00 e. The molecule has 0 spiro atoms. The monoisotopic (exact) mass is 242 g/mol. The van der Waals surface area contributed by atoms with Crippen LogP contribution in [0.4, 0.5) is 0 Å². The van der Waals surface area contributed by atoms with Gasteiger partial charge in [0.1, 0.15) is 0 Å². The second-order valence-electron chi connectivity index (χ2n) is 1.50. The molecule has 0 aromatic carbocycles. The van der Waals surface area contributed by atoms with E-state index in [9.17, 15) is 0 Å². The van der Waals surface area contributed by atoms with Crippen LogP contribution in [0.15, 0.2) is 0 Å². The summed E-state index contributed by atoms with van der Waals surface area (Å²) in [4.78, 5) is 1.42. The van der Waals surface area contributed by atoms with Crippen molar-refractivity contribution in [1.29, 1.82) is 0 Å². The van der Waals surface area contributed by atoms with E-state index >= 15 is 0 Å². The Bertz CT molecular complexity index is 15.5. The third-order valence-corrected chi connectivity index (χ3v) is 0. The van der Waals surface area contributed by atoms with Crippen LogP contribution >= 0.6 is 0 Å². The molecule has 0 fully saturated rings. The molecule has 0 atom stereocenters. The fraction of sp³-hybridized carbons (Fsp3) is 1.00. The molecule has 0 rings (SSSR count). The van der Waals surface area contributed by atoms with Gasteiger partial charge in [0.2, 0.25) is 0 Å². The Morgan fingerprint density at radius 1 is 1.00 bits per heavy atom. The molecule has 0 heterocycles. The van der Waals surface area contributed by atoms with Crippen molar-refractivity contribution in [3.8, 4) is 0 Å². The molecule has 1 radical (unpaired) electrons. The average molecular weight is 242 g/mol. The van der Waals surface area contributed by atoms with Crippen LogP contribution in [0.3, 0.4) is 0 Å². The predicted molar refractivity (Wildman–Crippen MR) is 18.7 cm³/mol. The van der Waals surface area contributed by atoms with Gasteiger partial charge < -0.3 is 28.9 Å². The van der Waals surface area contributed by atoms with Crippen LogP contribution in [0.2, 0.25) is 0 Å². The minimum atomic E-state index is 0. The van der Waals surface area contributed by atoms with Crippen molar-refractivity contribution in [2.45, 2.75) is 0 Å². The van der Waals surface area contributed by atoms with Crippen LogP contribution in [0.25, 0.3) is 0 Å². The van der Waals surface area contributed by atoms with Crippen molar-refractivity contribution in [3.05, 3.63) is 0 Å². The van der Waals surface area contributed by atoms with E-state index in [2.05, 4.69) is 21.1 Å². The van der Waals surface area contributed by atoms with E-state index in [-0.39, 0.29) is 41.0 Å². The van der Waals surface area contributed by atoms with Crippen molar-refractivity contribution in [2.75, 3.05) is 21.1 Å². The van der Waals surface area contributed by atoms with Gasteiger partial charge in [0.05, 0.1) is 21.1 Å². The van der Waals surface area contributed by atoms with Gasteiger partial charge in [-0.25, -0.2) is 0 Å². The Morgan fingerprint density at radius 2 is 1.00 bits per heavy atom. The standard InChI is InChI=1S/C3H9N.HI.Mn/c1-4(2)3;;/h1-3H3;1H;. The number of nitrogens with one attached hydrogen (secondary N) is 1. The first-order valence-electron chi connectivity index (χ1n) is 1.50. The predicted octanol–water partition coefficient (Wildman–Crippen LogP) is -4.24. The summed E-state index contributed by atoms with van der Waals surface area (Å²) in [6.45, 7) is 0. The molecule has 0 amide bonds. The molecule has 0 saturated carbocycles. The molecule has 0 aliphatic carbocycles. The third kappa shape index (κ3) is 63.1. The molecule has 0 aliphatic heterocycles. The smallest absolute Gasteiger partial charge is 0.0661 e. The van der Waals surface area contributed by atoms with Gasteiger partial charge in [-0.3, -0.25) is 0 Å². The number of halogens is 1. The number of quaternary nitrogens is 1. The van der Waals surface area contributed by atoms with Gasteiger partial charge in [0.15, 0.2) is 0 Å². The summed E-state index contributed by atoms with van der Waals surface area (Å²) in [6.07, 6.45) is 0. The topological polar surface area (TPSA) is 4.44 Å². The maximum Gasteiger partial charge on any atom is 0.0661 e. The van der Waals surface area contributed by atoms with Crippen LogP contribution in [0, 0.1) is 0 Å². The normalized spacial score (nSPS) is 6.00. The Hall–Kier alpha value is 1.21. The molecule has 0 aromatic rings. The van der Waals surface area contributed by atoms with Crippen molar-refractivity contribution in [2.24, 2.45) is 0 Å². The van der Waals surface area contributed by atoms with Gasteiger partial charge in [-0.15, -0.1) is 0 Å². The van der Waals surface area contributed by atoms with Gasteiger partial charge in [-0.2, -0.15) is 0 Å². The van der Waals surface area contributed by atoms with E-state index in [0.29, 0.717) is 0 Å². The first-order valence-corrected chi connectivity index (χ1v) is 1.50. The van der Waals surface area contributed by atoms with Crippen molar-refractivity contribution < 1.29 is 45.9 Å². The number of rotatable bonds is 0. The molecule has 0 saturated heterocycles. The van der Waals surface area contributed by atoms with Gasteiger partial charge in [-0.1, -0.05) is 0 Å². The Balaban J connectivity index is -0.0000000450. The van der Waals surface area contributed by atoms with Crippen LogP contribution in [-0.4, -0.2) is 21.1 Å². The molecule has 3 heteroatoms. The summed E-state index contributed by atoms with van der Waals surface area (Å²) >= 11 is 0. The molecule has 0 aromatic heterocycles. The Morgan fingerprint density at radius 3 is 1.00 bits per heavy atom. The Kier molecular flexibility index (Phi) is 24.9. The van der Waals surface area contributed by atoms with Crippen LogP contribution in [-0.2, 0) is 17.1 Å². The summed E-state index contributed by atoms with van der Waals surface area (Å²) in [7, 11) is 6.25. The van der Waals surface area contributed by atoms with Gasteiger partial charge in [0.25, 0.3) is 0 Å². The molecule has 1 nitrogen and oxygen atoms in total. The minimum absolute atomic E-state index is 0. The first-order chi connectivity index (χ1) is 1.73. The van der Waals surface area contributed by atoms with E-state index in [1.54, 1.807) is 0 Å². The van der Waals surface area contributed by atoms with Crippen LogP contribution < -0.4 is 28.9 Å². The average Bonchev–Trinajstić information content (AvgIpc) is 0.811. The van der Waals surface area contributed by atoms with Crippen LogP contribution in [0.5, 0.6) is 0 Å². The molecule has 0 bridgehead atoms. The van der Waals surface area contributed by atoms with Gasteiger partial charge in [-0.05, 0) is 0 Å². The zero-order valence-electron chi connectivity index (χ0n) is 4.26. The number of hydrogen-bond donors (Lipinski definition) is 1. The van der Waals surface area contributed by atoms with Crippen molar-refractivity contribution >= 4 is 0 Å². The largest absolute Gasteiger partial charge is 1.00 e. The second kappa shape index (κ2) is 9.51. The zero-order chi connectivity index (χ0) is 3.58. The maximum absolute atomic E-state index is 2.08. The van der Waals surface area contributed by atoms with E-state index in [4.69, 9.17) is 0 Å². The molecule has 1 N–H and O–H groups in total. The second-order valence-corrected chi connectivity index (χ2v) is 1.50. The molecule has 6 heavy (non-hydrogen) atoms. The Labute approximate surface area is 67.0 Å². The van der Waals surface area contributed by atoms with Gasteiger partial charge in [0, 0.05) is 17.1 Å². The molecular weight excluding hydrogens is 232 g/mol. The SMILES string of the molecule is C[NH+](C)C.[I-].[Mn]. The summed E-state index contributed by atoms with van der Waals surface area (Å²) in [5, 5.41) is 0. The third-order valence-electron chi connectivity index (χ3n) is 0.